The van der Waals surface area contributed by atoms with Crippen LogP contribution in [0.3, 0.4) is 0 Å². The van der Waals surface area contributed by atoms with E-state index in [-0.39, 0.29) is 0 Å². The summed E-state index contributed by atoms with van der Waals surface area (Å²) < 4.78 is 6.52. The number of nitrogens with one attached hydrogen (secondary N) is 1. The van der Waals surface area contributed by atoms with E-state index in [1.54, 1.807) is 46.6 Å². The van der Waals surface area contributed by atoms with Gasteiger partial charge in [-0.2, -0.15) is 0 Å². The van der Waals surface area contributed by atoms with Crippen molar-refractivity contribution in [2.24, 2.45) is 0 Å². The highest BCUT2D eigenvalue weighted by Crippen LogP contribution is 2.31. The molecule has 4 rings (SSSR count). The monoisotopic (exact) mass is 388 g/mol. The van der Waals surface area contributed by atoms with Crippen molar-refractivity contribution in [3.05, 3.63) is 53.1 Å². The van der Waals surface area contributed by atoms with Crippen LogP contribution in [0.4, 0.5) is 5.13 Å². The predicted octanol–water partition coefficient (Wildman–Crippen LogP) is 2.50. The SMILES string of the molecule is C[NH+]1CCN(c2nc3ccc(OC(=O)c4ccc(Cl)cc4)cc3s2)CC1. The van der Waals surface area contributed by atoms with Gasteiger partial charge >= 0.3 is 5.97 Å². The molecule has 0 amide bonds. The quantitative estimate of drug-likeness (QED) is 0.553. The number of benzene rings is 2. The fourth-order valence-corrected chi connectivity index (χ4v) is 4.09. The number of ether oxygens (including phenoxy) is 1. The molecule has 0 atom stereocenters. The zero-order valence-electron chi connectivity index (χ0n) is 14.4. The first-order valence-corrected chi connectivity index (χ1v) is 9.72. The summed E-state index contributed by atoms with van der Waals surface area (Å²) in [4.78, 5) is 20.9. The topological polar surface area (TPSA) is 46.9 Å². The lowest BCUT2D eigenvalue weighted by molar-refractivity contribution is -0.880. The van der Waals surface area contributed by atoms with Crippen molar-refractivity contribution in [1.29, 1.82) is 0 Å². The van der Waals surface area contributed by atoms with Gasteiger partial charge < -0.3 is 14.5 Å². The second kappa shape index (κ2) is 7.23. The fraction of sp³-hybridized carbons (Fsp3) is 0.263. The van der Waals surface area contributed by atoms with Gasteiger partial charge in [0.2, 0.25) is 0 Å². The molecule has 0 radical (unpaired) electrons. The minimum atomic E-state index is -0.396. The van der Waals surface area contributed by atoms with Crippen molar-refractivity contribution >= 4 is 44.3 Å². The maximum atomic E-state index is 12.3. The van der Waals surface area contributed by atoms with E-state index in [9.17, 15) is 4.79 Å². The maximum absolute atomic E-state index is 12.3. The minimum Gasteiger partial charge on any atom is -0.423 e. The molecular weight excluding hydrogens is 370 g/mol. The van der Waals surface area contributed by atoms with Crippen molar-refractivity contribution in [1.82, 2.24) is 4.98 Å². The van der Waals surface area contributed by atoms with E-state index in [1.165, 1.54) is 0 Å². The second-order valence-electron chi connectivity index (χ2n) is 6.47. The third-order valence-electron chi connectivity index (χ3n) is 4.53. The molecule has 2 heterocycles. The van der Waals surface area contributed by atoms with Gasteiger partial charge in [0.05, 0.1) is 49.0 Å². The lowest BCUT2D eigenvalue weighted by atomic mass is 10.2. The van der Waals surface area contributed by atoms with Crippen LogP contribution in [0.15, 0.2) is 42.5 Å². The number of thiazole rings is 1. The molecule has 0 aliphatic carbocycles. The number of hydrogen-bond donors (Lipinski definition) is 1. The summed E-state index contributed by atoms with van der Waals surface area (Å²) in [5.74, 6) is 0.128. The van der Waals surface area contributed by atoms with Crippen LogP contribution in [0.5, 0.6) is 5.75 Å². The Labute approximate surface area is 160 Å². The summed E-state index contributed by atoms with van der Waals surface area (Å²) in [5, 5.41) is 1.62. The summed E-state index contributed by atoms with van der Waals surface area (Å²) >= 11 is 7.49. The lowest BCUT2D eigenvalue weighted by Crippen LogP contribution is -3.12. The molecule has 1 aliphatic rings. The largest absolute Gasteiger partial charge is 0.423 e. The number of rotatable bonds is 3. The van der Waals surface area contributed by atoms with Crippen LogP contribution in [0, 0.1) is 0 Å². The number of carbonyl (C=O) groups excluding carboxylic acids is 1. The highest BCUT2D eigenvalue weighted by molar-refractivity contribution is 7.22. The zero-order valence-corrected chi connectivity index (χ0v) is 15.9. The number of aromatic nitrogens is 1. The van der Waals surface area contributed by atoms with Gasteiger partial charge in [-0.25, -0.2) is 9.78 Å². The molecule has 3 aromatic rings. The van der Waals surface area contributed by atoms with E-state index in [0.29, 0.717) is 16.3 Å². The van der Waals surface area contributed by atoms with Gasteiger partial charge in [-0.15, -0.1) is 0 Å². The molecule has 1 saturated heterocycles. The number of fused-ring (bicyclic) bond motifs is 1. The summed E-state index contributed by atoms with van der Waals surface area (Å²) in [5.41, 5.74) is 1.40. The summed E-state index contributed by atoms with van der Waals surface area (Å²) in [6.07, 6.45) is 0. The first-order chi connectivity index (χ1) is 12.6. The van der Waals surface area contributed by atoms with Crippen LogP contribution >= 0.6 is 22.9 Å². The van der Waals surface area contributed by atoms with Crippen LogP contribution < -0.4 is 14.5 Å². The number of carbonyl (C=O) groups is 1. The molecule has 0 unspecified atom stereocenters. The molecule has 5 nitrogen and oxygen atoms in total. The van der Waals surface area contributed by atoms with Gasteiger partial charge in [0, 0.05) is 11.1 Å². The number of nitrogens with zero attached hydrogens (tertiary/aromatic N) is 2. The molecule has 2 aromatic carbocycles. The molecule has 0 bridgehead atoms. The van der Waals surface area contributed by atoms with E-state index < -0.39 is 5.97 Å². The molecule has 134 valence electrons. The fourth-order valence-electron chi connectivity index (χ4n) is 2.92. The Balaban J connectivity index is 1.52. The van der Waals surface area contributed by atoms with Crippen molar-refractivity contribution in [3.63, 3.8) is 0 Å². The molecule has 0 spiro atoms. The number of hydrogen-bond acceptors (Lipinski definition) is 5. The van der Waals surface area contributed by atoms with Crippen LogP contribution in [0.2, 0.25) is 5.02 Å². The first-order valence-electron chi connectivity index (χ1n) is 8.53. The van der Waals surface area contributed by atoms with Gasteiger partial charge in [-0.1, -0.05) is 22.9 Å². The van der Waals surface area contributed by atoms with E-state index in [4.69, 9.17) is 21.3 Å². The molecular formula is C19H19ClN3O2S+. The Kier molecular flexibility index (Phi) is 4.80. The van der Waals surface area contributed by atoms with Crippen LogP contribution in [0.25, 0.3) is 10.2 Å². The van der Waals surface area contributed by atoms with Crippen molar-refractivity contribution < 1.29 is 14.4 Å². The predicted molar refractivity (Wildman–Crippen MR) is 105 cm³/mol. The standard InChI is InChI=1S/C19H18ClN3O2S/c1-22-8-10-23(11-9-22)19-21-16-7-6-15(12-17(16)26-19)25-18(24)13-2-4-14(20)5-3-13/h2-7,12H,8-11H2,1H3/p+1. The van der Waals surface area contributed by atoms with Gasteiger partial charge in [0.1, 0.15) is 5.75 Å². The minimum absolute atomic E-state index is 0.396. The third-order valence-corrected chi connectivity index (χ3v) is 5.86. The van der Waals surface area contributed by atoms with Crippen molar-refractivity contribution in [2.75, 3.05) is 38.1 Å². The van der Waals surface area contributed by atoms with Gasteiger partial charge in [-0.3, -0.25) is 0 Å². The van der Waals surface area contributed by atoms with Gasteiger partial charge in [0.25, 0.3) is 0 Å². The molecule has 1 aliphatic heterocycles. The summed E-state index contributed by atoms with van der Waals surface area (Å²) in [6.45, 7) is 4.29. The smallest absolute Gasteiger partial charge is 0.343 e. The highest BCUT2D eigenvalue weighted by atomic mass is 35.5. The number of esters is 1. The van der Waals surface area contributed by atoms with Gasteiger partial charge in [-0.05, 0) is 36.4 Å². The molecule has 1 fully saturated rings. The summed E-state index contributed by atoms with van der Waals surface area (Å²) in [6, 6.07) is 12.2. The van der Waals surface area contributed by atoms with E-state index >= 15 is 0 Å². The van der Waals surface area contributed by atoms with E-state index in [0.717, 1.165) is 41.5 Å². The Morgan fingerprint density at radius 3 is 2.65 bits per heavy atom. The van der Waals surface area contributed by atoms with Crippen LogP contribution in [0.1, 0.15) is 10.4 Å². The number of halogens is 1. The van der Waals surface area contributed by atoms with E-state index in [1.807, 2.05) is 12.1 Å². The zero-order chi connectivity index (χ0) is 18.1. The average Bonchev–Trinajstić information content (AvgIpc) is 3.06. The maximum Gasteiger partial charge on any atom is 0.343 e. The Morgan fingerprint density at radius 1 is 1.19 bits per heavy atom. The van der Waals surface area contributed by atoms with Crippen LogP contribution in [-0.2, 0) is 0 Å². The molecule has 7 heteroatoms. The molecule has 1 N–H and O–H groups in total. The highest BCUT2D eigenvalue weighted by Gasteiger charge is 2.20. The normalized spacial score (nSPS) is 15.4. The van der Waals surface area contributed by atoms with Crippen molar-refractivity contribution in [3.8, 4) is 5.75 Å². The number of piperazine rings is 1. The summed E-state index contributed by atoms with van der Waals surface area (Å²) in [7, 11) is 2.22. The third kappa shape index (κ3) is 3.67. The van der Waals surface area contributed by atoms with Crippen LogP contribution in [-0.4, -0.2) is 44.2 Å². The average molecular weight is 389 g/mol. The van der Waals surface area contributed by atoms with Gasteiger partial charge in [0.15, 0.2) is 5.13 Å². The molecule has 1 aromatic heterocycles. The number of anilines is 1. The molecule has 26 heavy (non-hydrogen) atoms. The Hall–Kier alpha value is -2.15. The molecule has 0 saturated carbocycles. The first kappa shape index (κ1) is 17.3. The van der Waals surface area contributed by atoms with E-state index in [2.05, 4.69) is 11.9 Å². The number of quaternary nitrogens is 1. The second-order valence-corrected chi connectivity index (χ2v) is 7.91. The Morgan fingerprint density at radius 2 is 1.92 bits per heavy atom. The van der Waals surface area contributed by atoms with Crippen molar-refractivity contribution in [2.45, 2.75) is 0 Å². The number of likely N-dealkylation sites (N-methyl/N-ethyl adjacent to an activating group) is 1. The Bertz CT molecular complexity index is 934. The lowest BCUT2D eigenvalue weighted by Gasteiger charge is -2.29.